The van der Waals surface area contributed by atoms with Crippen LogP contribution in [-0.4, -0.2) is 53.8 Å². The third-order valence-corrected chi connectivity index (χ3v) is 5.81. The van der Waals surface area contributed by atoms with E-state index in [1.165, 1.54) is 23.3 Å². The number of nitrogens with zero attached hydrogens (tertiary/aromatic N) is 2. The van der Waals surface area contributed by atoms with Gasteiger partial charge < -0.3 is 9.80 Å². The van der Waals surface area contributed by atoms with Gasteiger partial charge in [-0.1, -0.05) is 15.9 Å². The Hall–Kier alpha value is -0.390. The summed E-state index contributed by atoms with van der Waals surface area (Å²) in [4.78, 5) is 19.5. The Balaban J connectivity index is 1.64. The highest BCUT2D eigenvalue weighted by Gasteiger charge is 2.24. The molecule has 0 radical (unpaired) electrons. The molecule has 1 aromatic rings. The molecule has 5 heteroatoms. The normalized spacial score (nSPS) is 19.9. The fraction of sp³-hybridized carbons (Fsp3) is 0.667. The molecule has 1 amide bonds. The van der Waals surface area contributed by atoms with Crippen molar-refractivity contribution in [1.29, 1.82) is 0 Å². The van der Waals surface area contributed by atoms with Crippen molar-refractivity contribution in [2.24, 2.45) is 0 Å². The first-order valence-electron chi connectivity index (χ1n) is 7.47. The van der Waals surface area contributed by atoms with Gasteiger partial charge in [0.25, 0.3) is 5.91 Å². The molecule has 20 heavy (non-hydrogen) atoms. The van der Waals surface area contributed by atoms with Crippen molar-refractivity contribution in [3.63, 3.8) is 0 Å². The summed E-state index contributed by atoms with van der Waals surface area (Å²) in [5.74, 6) is 0.255. The number of halogens is 1. The largest absolute Gasteiger partial charge is 0.337 e. The molecule has 1 aliphatic carbocycles. The third-order valence-electron chi connectivity index (χ3n) is 4.23. The molecule has 1 aliphatic heterocycles. The highest BCUT2D eigenvalue weighted by molar-refractivity contribution is 9.09. The Morgan fingerprint density at radius 1 is 1.20 bits per heavy atom. The minimum absolute atomic E-state index is 0.255. The molecule has 0 spiro atoms. The third kappa shape index (κ3) is 3.10. The van der Waals surface area contributed by atoms with Gasteiger partial charge in [0.1, 0.15) is 0 Å². The van der Waals surface area contributed by atoms with Gasteiger partial charge in [0.2, 0.25) is 0 Å². The number of carbonyl (C=O) groups is 1. The Morgan fingerprint density at radius 2 is 2.10 bits per heavy atom. The molecule has 2 aliphatic rings. The monoisotopic (exact) mass is 356 g/mol. The van der Waals surface area contributed by atoms with Crippen LogP contribution in [0.4, 0.5) is 0 Å². The predicted molar refractivity (Wildman–Crippen MR) is 87.1 cm³/mol. The van der Waals surface area contributed by atoms with E-state index in [2.05, 4.69) is 31.8 Å². The molecule has 3 rings (SSSR count). The number of alkyl halides is 1. The van der Waals surface area contributed by atoms with Gasteiger partial charge in [-0.25, -0.2) is 0 Å². The maximum absolute atomic E-state index is 12.6. The minimum Gasteiger partial charge on any atom is -0.337 e. The number of hydrogen-bond donors (Lipinski definition) is 0. The maximum atomic E-state index is 12.6. The second kappa shape index (κ2) is 6.58. The highest BCUT2D eigenvalue weighted by atomic mass is 79.9. The summed E-state index contributed by atoms with van der Waals surface area (Å²) >= 11 is 5.22. The minimum atomic E-state index is 0.255. The zero-order valence-corrected chi connectivity index (χ0v) is 14.1. The molecule has 1 aromatic heterocycles. The van der Waals surface area contributed by atoms with E-state index in [-0.39, 0.29) is 5.91 Å². The summed E-state index contributed by atoms with van der Waals surface area (Å²) in [5, 5.41) is 1.01. The molecule has 0 bridgehead atoms. The molecule has 0 N–H and O–H groups in total. The van der Waals surface area contributed by atoms with E-state index >= 15 is 0 Å². The number of rotatable bonds is 3. The number of amides is 1. The summed E-state index contributed by atoms with van der Waals surface area (Å²) < 4.78 is 0. The van der Waals surface area contributed by atoms with Crippen LogP contribution in [0.15, 0.2) is 6.07 Å². The number of fused-ring (bicyclic) bond motifs is 1. The number of carbonyl (C=O) groups excluding carboxylic acids is 1. The summed E-state index contributed by atoms with van der Waals surface area (Å²) in [6, 6.07) is 2.15. The first-order chi connectivity index (χ1) is 9.78. The van der Waals surface area contributed by atoms with E-state index in [0.717, 1.165) is 55.8 Å². The van der Waals surface area contributed by atoms with Crippen molar-refractivity contribution in [3.05, 3.63) is 21.4 Å². The van der Waals surface area contributed by atoms with Gasteiger partial charge in [-0.2, -0.15) is 0 Å². The molecule has 0 aromatic carbocycles. The summed E-state index contributed by atoms with van der Waals surface area (Å²) in [6.45, 7) is 4.96. The Kier molecular flexibility index (Phi) is 4.79. The zero-order valence-electron chi connectivity index (χ0n) is 11.7. The summed E-state index contributed by atoms with van der Waals surface area (Å²) in [5.41, 5.74) is 1.43. The van der Waals surface area contributed by atoms with Crippen LogP contribution in [0.2, 0.25) is 0 Å². The van der Waals surface area contributed by atoms with Gasteiger partial charge in [0, 0.05) is 36.4 Å². The van der Waals surface area contributed by atoms with Crippen molar-refractivity contribution < 1.29 is 4.79 Å². The van der Waals surface area contributed by atoms with E-state index in [9.17, 15) is 4.79 Å². The van der Waals surface area contributed by atoms with Crippen molar-refractivity contribution in [2.75, 3.05) is 38.1 Å². The van der Waals surface area contributed by atoms with Gasteiger partial charge in [-0.05, 0) is 43.9 Å². The van der Waals surface area contributed by atoms with Crippen molar-refractivity contribution in [1.82, 2.24) is 9.80 Å². The van der Waals surface area contributed by atoms with Crippen LogP contribution in [0.25, 0.3) is 0 Å². The molecule has 0 unspecified atom stereocenters. The average molecular weight is 357 g/mol. The van der Waals surface area contributed by atoms with Gasteiger partial charge in [-0.15, -0.1) is 11.3 Å². The molecule has 0 saturated carbocycles. The lowest BCUT2D eigenvalue weighted by atomic mass is 10.2. The van der Waals surface area contributed by atoms with Crippen LogP contribution in [0, 0.1) is 0 Å². The molecule has 0 atom stereocenters. The van der Waals surface area contributed by atoms with Gasteiger partial charge in [-0.3, -0.25) is 4.79 Å². The van der Waals surface area contributed by atoms with E-state index in [0.29, 0.717) is 0 Å². The molecule has 2 heterocycles. The fourth-order valence-electron chi connectivity index (χ4n) is 3.11. The van der Waals surface area contributed by atoms with E-state index in [1.807, 2.05) is 0 Å². The van der Waals surface area contributed by atoms with Crippen LogP contribution < -0.4 is 0 Å². The first kappa shape index (κ1) is 14.5. The number of hydrogen-bond acceptors (Lipinski definition) is 3. The zero-order chi connectivity index (χ0) is 13.9. The van der Waals surface area contributed by atoms with Crippen LogP contribution >= 0.6 is 27.3 Å². The van der Waals surface area contributed by atoms with Gasteiger partial charge in [0.15, 0.2) is 0 Å². The topological polar surface area (TPSA) is 23.6 Å². The average Bonchev–Trinajstić information content (AvgIpc) is 2.95. The van der Waals surface area contributed by atoms with Gasteiger partial charge in [0.05, 0.1) is 4.88 Å². The fourth-order valence-corrected chi connectivity index (χ4v) is 4.83. The van der Waals surface area contributed by atoms with E-state index in [4.69, 9.17) is 0 Å². The number of thiophene rings is 1. The van der Waals surface area contributed by atoms with Crippen LogP contribution in [-0.2, 0) is 12.8 Å². The van der Waals surface area contributed by atoms with Crippen molar-refractivity contribution in [2.45, 2.75) is 25.7 Å². The van der Waals surface area contributed by atoms with Crippen molar-refractivity contribution in [3.8, 4) is 0 Å². The first-order valence-corrected chi connectivity index (χ1v) is 9.41. The van der Waals surface area contributed by atoms with Crippen LogP contribution in [0.5, 0.6) is 0 Å². The lowest BCUT2D eigenvalue weighted by Crippen LogP contribution is -2.35. The molecule has 3 nitrogen and oxygen atoms in total. The number of aryl methyl sites for hydroxylation is 2. The van der Waals surface area contributed by atoms with E-state index in [1.54, 1.807) is 11.3 Å². The molecule has 110 valence electrons. The Bertz CT molecular complexity index is 467. The van der Waals surface area contributed by atoms with E-state index < -0.39 is 0 Å². The predicted octanol–water partition coefficient (Wildman–Crippen LogP) is 2.78. The molecular weight excluding hydrogens is 336 g/mol. The lowest BCUT2D eigenvalue weighted by molar-refractivity contribution is 0.0766. The van der Waals surface area contributed by atoms with Crippen LogP contribution in [0.3, 0.4) is 0 Å². The lowest BCUT2D eigenvalue weighted by Gasteiger charge is -2.21. The summed E-state index contributed by atoms with van der Waals surface area (Å²) in [7, 11) is 0. The van der Waals surface area contributed by atoms with Crippen LogP contribution in [0.1, 0.15) is 33.0 Å². The quantitative estimate of drug-likeness (QED) is 0.777. The molecular formula is C15H21BrN2OS. The second-order valence-corrected chi connectivity index (χ2v) is 7.52. The van der Waals surface area contributed by atoms with Crippen molar-refractivity contribution >= 4 is 33.2 Å². The Morgan fingerprint density at radius 3 is 2.90 bits per heavy atom. The standard InChI is InChI=1S/C15H21BrN2OS/c16-5-8-17-6-2-7-18(10-9-17)15(19)14-11-12-3-1-4-13(12)20-14/h11H,1-10H2. The Labute approximate surface area is 133 Å². The SMILES string of the molecule is O=C(c1cc2c(s1)CCC2)N1CCCN(CCBr)CC1. The van der Waals surface area contributed by atoms with Gasteiger partial charge >= 0.3 is 0 Å². The summed E-state index contributed by atoms with van der Waals surface area (Å²) in [6.07, 6.45) is 4.69. The second-order valence-electron chi connectivity index (χ2n) is 5.59. The molecule has 1 saturated heterocycles. The maximum Gasteiger partial charge on any atom is 0.263 e. The smallest absolute Gasteiger partial charge is 0.263 e. The highest BCUT2D eigenvalue weighted by Crippen LogP contribution is 2.31. The molecule has 1 fully saturated rings.